The second kappa shape index (κ2) is 10.2. The number of aryl methyl sites for hydroxylation is 1. The van der Waals surface area contributed by atoms with E-state index in [0.717, 1.165) is 35.9 Å². The zero-order valence-corrected chi connectivity index (χ0v) is 19.0. The number of anilines is 5. The van der Waals surface area contributed by atoms with Crippen molar-refractivity contribution in [3.05, 3.63) is 72.7 Å². The highest BCUT2D eigenvalue weighted by Crippen LogP contribution is 2.20. The van der Waals surface area contributed by atoms with Gasteiger partial charge < -0.3 is 21.3 Å². The van der Waals surface area contributed by atoms with Gasteiger partial charge in [0.15, 0.2) is 5.82 Å². The van der Waals surface area contributed by atoms with Crippen LogP contribution in [0.3, 0.4) is 0 Å². The van der Waals surface area contributed by atoms with Gasteiger partial charge in [-0.1, -0.05) is 6.07 Å². The first kappa shape index (κ1) is 21.7. The normalized spacial score (nSPS) is 15.1. The fourth-order valence-electron chi connectivity index (χ4n) is 3.81. The smallest absolute Gasteiger partial charge is 0.229 e. The Hall–Kier alpha value is -4.11. The van der Waals surface area contributed by atoms with Crippen molar-refractivity contribution < 1.29 is 0 Å². The maximum absolute atomic E-state index is 4.57. The maximum atomic E-state index is 4.57. The lowest BCUT2D eigenvalue weighted by atomic mass is 10.2. The molecule has 172 valence electrons. The molecule has 9 heteroatoms. The standard InChI is InChI=1S/C25H27N9/c1-17-4-2-6-21(30-17)24-27-14-11-22(33-24)32-23-12-15-28-25(34-23)31-19-9-7-18(8-10-19)29-16-20-5-3-13-26-20/h2,4,6-12,14-15,20,26,29H,3,5,13,16H2,1H3,(H2,27,28,31,32,33,34)/t20-/m0/s1. The van der Waals surface area contributed by atoms with Crippen molar-refractivity contribution in [3.8, 4) is 11.5 Å². The zero-order chi connectivity index (χ0) is 23.2. The summed E-state index contributed by atoms with van der Waals surface area (Å²) in [6.07, 6.45) is 5.89. The molecule has 0 bridgehead atoms. The van der Waals surface area contributed by atoms with Crippen molar-refractivity contribution in [2.45, 2.75) is 25.8 Å². The molecule has 9 nitrogen and oxygen atoms in total. The number of pyridine rings is 1. The molecule has 1 atom stereocenters. The van der Waals surface area contributed by atoms with Gasteiger partial charge in [0.2, 0.25) is 5.95 Å². The van der Waals surface area contributed by atoms with E-state index in [0.29, 0.717) is 29.5 Å². The molecule has 1 aliphatic rings. The summed E-state index contributed by atoms with van der Waals surface area (Å²) in [6.45, 7) is 4.00. The molecule has 4 heterocycles. The van der Waals surface area contributed by atoms with Gasteiger partial charge >= 0.3 is 0 Å². The molecule has 1 aromatic carbocycles. The van der Waals surface area contributed by atoms with Gasteiger partial charge in [-0.15, -0.1) is 0 Å². The van der Waals surface area contributed by atoms with E-state index in [-0.39, 0.29) is 0 Å². The second-order valence-electron chi connectivity index (χ2n) is 8.20. The number of hydrogen-bond donors (Lipinski definition) is 4. The van der Waals surface area contributed by atoms with Gasteiger partial charge in [0, 0.05) is 42.0 Å². The molecule has 4 N–H and O–H groups in total. The fraction of sp³-hybridized carbons (Fsp3) is 0.240. The van der Waals surface area contributed by atoms with Crippen LogP contribution in [0.1, 0.15) is 18.5 Å². The third kappa shape index (κ3) is 5.62. The Morgan fingerprint density at radius 1 is 0.853 bits per heavy atom. The predicted molar refractivity (Wildman–Crippen MR) is 135 cm³/mol. The maximum Gasteiger partial charge on any atom is 0.229 e. The molecular formula is C25H27N9. The summed E-state index contributed by atoms with van der Waals surface area (Å²) in [6, 6.07) is 18.1. The fourth-order valence-corrected chi connectivity index (χ4v) is 3.81. The highest BCUT2D eigenvalue weighted by Gasteiger charge is 2.13. The molecule has 5 rings (SSSR count). The number of nitrogens with zero attached hydrogens (tertiary/aromatic N) is 5. The monoisotopic (exact) mass is 453 g/mol. The van der Waals surface area contributed by atoms with Crippen LogP contribution < -0.4 is 21.3 Å². The molecule has 0 amide bonds. The molecule has 0 aliphatic carbocycles. The van der Waals surface area contributed by atoms with Gasteiger partial charge in [0.05, 0.1) is 0 Å². The van der Waals surface area contributed by atoms with E-state index >= 15 is 0 Å². The van der Waals surface area contributed by atoms with Crippen LogP contribution in [-0.2, 0) is 0 Å². The van der Waals surface area contributed by atoms with E-state index in [2.05, 4.69) is 58.3 Å². The lowest BCUT2D eigenvalue weighted by Gasteiger charge is -2.13. The van der Waals surface area contributed by atoms with Crippen LogP contribution >= 0.6 is 0 Å². The van der Waals surface area contributed by atoms with Crippen LogP contribution in [0.15, 0.2) is 67.0 Å². The first-order valence-electron chi connectivity index (χ1n) is 11.4. The summed E-state index contributed by atoms with van der Waals surface area (Å²) >= 11 is 0. The number of benzene rings is 1. The van der Waals surface area contributed by atoms with Crippen molar-refractivity contribution >= 4 is 29.0 Å². The summed E-state index contributed by atoms with van der Waals surface area (Å²) < 4.78 is 0. The Bertz CT molecular complexity index is 1240. The molecule has 0 unspecified atom stereocenters. The van der Waals surface area contributed by atoms with Crippen molar-refractivity contribution in [1.29, 1.82) is 0 Å². The Labute approximate surface area is 198 Å². The molecule has 1 saturated heterocycles. The SMILES string of the molecule is Cc1cccc(-c2nccc(Nc3ccnc(Nc4ccc(NC[C@@H]5CCCN5)cc4)n3)n2)n1. The summed E-state index contributed by atoms with van der Waals surface area (Å²) in [4.78, 5) is 22.3. The number of hydrogen-bond acceptors (Lipinski definition) is 9. The first-order valence-corrected chi connectivity index (χ1v) is 11.4. The quantitative estimate of drug-likeness (QED) is 0.310. The van der Waals surface area contributed by atoms with E-state index in [4.69, 9.17) is 0 Å². The zero-order valence-electron chi connectivity index (χ0n) is 19.0. The minimum absolute atomic E-state index is 0.496. The van der Waals surface area contributed by atoms with E-state index < -0.39 is 0 Å². The molecule has 1 aliphatic heterocycles. The molecule has 1 fully saturated rings. The lowest BCUT2D eigenvalue weighted by molar-refractivity contribution is 0.633. The Morgan fingerprint density at radius 3 is 2.44 bits per heavy atom. The van der Waals surface area contributed by atoms with Crippen molar-refractivity contribution in [2.24, 2.45) is 0 Å². The van der Waals surface area contributed by atoms with Crippen molar-refractivity contribution in [1.82, 2.24) is 30.2 Å². The van der Waals surface area contributed by atoms with E-state index in [1.54, 1.807) is 24.5 Å². The average Bonchev–Trinajstić information content (AvgIpc) is 3.38. The van der Waals surface area contributed by atoms with Crippen LogP contribution in [-0.4, -0.2) is 44.1 Å². The highest BCUT2D eigenvalue weighted by atomic mass is 15.2. The van der Waals surface area contributed by atoms with Crippen LogP contribution in [0.25, 0.3) is 11.5 Å². The first-order chi connectivity index (χ1) is 16.7. The van der Waals surface area contributed by atoms with Gasteiger partial charge in [0.25, 0.3) is 0 Å². The van der Waals surface area contributed by atoms with Gasteiger partial charge in [-0.2, -0.15) is 4.98 Å². The molecule has 34 heavy (non-hydrogen) atoms. The largest absolute Gasteiger partial charge is 0.383 e. The summed E-state index contributed by atoms with van der Waals surface area (Å²) in [5.74, 6) is 2.31. The van der Waals surface area contributed by atoms with E-state index in [1.165, 1.54) is 12.8 Å². The van der Waals surface area contributed by atoms with Gasteiger partial charge in [-0.3, -0.25) is 0 Å². The van der Waals surface area contributed by atoms with E-state index in [9.17, 15) is 0 Å². The highest BCUT2D eigenvalue weighted by molar-refractivity contribution is 5.61. The number of rotatable bonds is 8. The van der Waals surface area contributed by atoms with E-state index in [1.807, 2.05) is 37.3 Å². The Kier molecular flexibility index (Phi) is 6.53. The molecule has 0 saturated carbocycles. The third-order valence-corrected chi connectivity index (χ3v) is 5.54. The van der Waals surface area contributed by atoms with Gasteiger partial charge in [-0.25, -0.2) is 19.9 Å². The van der Waals surface area contributed by atoms with Gasteiger partial charge in [-0.05, 0) is 74.8 Å². The average molecular weight is 454 g/mol. The Balaban J connectivity index is 1.22. The number of aromatic nitrogens is 5. The molecule has 0 radical (unpaired) electrons. The summed E-state index contributed by atoms with van der Waals surface area (Å²) in [5, 5.41) is 13.5. The lowest BCUT2D eigenvalue weighted by Crippen LogP contribution is -2.29. The van der Waals surface area contributed by atoms with Crippen molar-refractivity contribution in [2.75, 3.05) is 29.0 Å². The van der Waals surface area contributed by atoms with Crippen LogP contribution in [0.2, 0.25) is 0 Å². The summed E-state index contributed by atoms with van der Waals surface area (Å²) in [5.41, 5.74) is 3.65. The third-order valence-electron chi connectivity index (χ3n) is 5.54. The van der Waals surface area contributed by atoms with Crippen LogP contribution in [0, 0.1) is 6.92 Å². The minimum Gasteiger partial charge on any atom is -0.383 e. The Morgan fingerprint density at radius 2 is 1.65 bits per heavy atom. The predicted octanol–water partition coefficient (Wildman–Crippen LogP) is 4.29. The molecule has 0 spiro atoms. The molecule has 3 aromatic heterocycles. The topological polar surface area (TPSA) is 113 Å². The summed E-state index contributed by atoms with van der Waals surface area (Å²) in [7, 11) is 0. The van der Waals surface area contributed by atoms with Gasteiger partial charge in [0.1, 0.15) is 17.3 Å². The molecule has 4 aromatic rings. The second-order valence-corrected chi connectivity index (χ2v) is 8.20. The van der Waals surface area contributed by atoms with Crippen molar-refractivity contribution in [3.63, 3.8) is 0 Å². The van der Waals surface area contributed by atoms with Crippen LogP contribution in [0.4, 0.5) is 29.0 Å². The molecular weight excluding hydrogens is 426 g/mol. The number of nitrogens with one attached hydrogen (secondary N) is 4. The van der Waals surface area contributed by atoms with Crippen LogP contribution in [0.5, 0.6) is 0 Å². The minimum atomic E-state index is 0.496.